The van der Waals surface area contributed by atoms with E-state index in [2.05, 4.69) is 20.2 Å². The fourth-order valence-electron chi connectivity index (χ4n) is 2.71. The van der Waals surface area contributed by atoms with Crippen molar-refractivity contribution in [2.45, 2.75) is 38.3 Å². The largest absolute Gasteiger partial charge is 0.339 e. The summed E-state index contributed by atoms with van der Waals surface area (Å²) in [6, 6.07) is 3.31. The quantitative estimate of drug-likeness (QED) is 0.767. The predicted octanol–water partition coefficient (Wildman–Crippen LogP) is 1.12. The normalized spacial score (nSPS) is 29.2. The van der Waals surface area contributed by atoms with Crippen molar-refractivity contribution in [3.05, 3.63) is 18.0 Å². The Kier molecular flexibility index (Phi) is 2.52. The zero-order valence-corrected chi connectivity index (χ0v) is 9.69. The molecule has 3 rings (SSSR count). The summed E-state index contributed by atoms with van der Waals surface area (Å²) in [5, 5.41) is 3.67. The van der Waals surface area contributed by atoms with Gasteiger partial charge < -0.3 is 10.2 Å². The third-order valence-corrected chi connectivity index (χ3v) is 3.59. The summed E-state index contributed by atoms with van der Waals surface area (Å²) in [4.78, 5) is 11.2. The molecule has 1 N–H and O–H groups in total. The molecule has 86 valence electrons. The lowest BCUT2D eigenvalue weighted by Crippen LogP contribution is -2.36. The van der Waals surface area contributed by atoms with Crippen molar-refractivity contribution in [2.75, 3.05) is 18.0 Å². The molecule has 0 saturated carbocycles. The van der Waals surface area contributed by atoms with Gasteiger partial charge in [0, 0.05) is 37.1 Å². The first kappa shape index (κ1) is 10.0. The van der Waals surface area contributed by atoms with E-state index in [0.29, 0.717) is 6.04 Å². The van der Waals surface area contributed by atoms with Crippen molar-refractivity contribution < 1.29 is 0 Å². The number of aryl methyl sites for hydroxylation is 1. The summed E-state index contributed by atoms with van der Waals surface area (Å²) in [5.74, 6) is 0.898. The van der Waals surface area contributed by atoms with Crippen LogP contribution >= 0.6 is 0 Å². The van der Waals surface area contributed by atoms with E-state index < -0.39 is 0 Å². The van der Waals surface area contributed by atoms with Gasteiger partial charge in [-0.2, -0.15) is 0 Å². The molecule has 0 radical (unpaired) electrons. The number of aromatic nitrogens is 2. The maximum Gasteiger partial charge on any atom is 0.225 e. The molecule has 0 aromatic carbocycles. The van der Waals surface area contributed by atoms with Crippen LogP contribution in [0.1, 0.15) is 25.0 Å². The first-order valence-corrected chi connectivity index (χ1v) is 6.12. The highest BCUT2D eigenvalue weighted by atomic mass is 15.3. The summed E-state index contributed by atoms with van der Waals surface area (Å²) in [6.45, 7) is 4.16. The van der Waals surface area contributed by atoms with Crippen molar-refractivity contribution in [3.8, 4) is 0 Å². The van der Waals surface area contributed by atoms with E-state index in [9.17, 15) is 0 Å². The number of nitrogens with one attached hydrogen (secondary N) is 1. The summed E-state index contributed by atoms with van der Waals surface area (Å²) in [5.41, 5.74) is 1.05. The van der Waals surface area contributed by atoms with Gasteiger partial charge in [0.2, 0.25) is 5.95 Å². The van der Waals surface area contributed by atoms with Crippen LogP contribution in [0.5, 0.6) is 0 Å². The summed E-state index contributed by atoms with van der Waals surface area (Å²) in [6.07, 6.45) is 5.71. The van der Waals surface area contributed by atoms with Crippen LogP contribution in [-0.4, -0.2) is 35.1 Å². The van der Waals surface area contributed by atoms with E-state index in [1.54, 1.807) is 0 Å². The van der Waals surface area contributed by atoms with Crippen LogP contribution in [0.25, 0.3) is 0 Å². The van der Waals surface area contributed by atoms with Crippen LogP contribution in [0.2, 0.25) is 0 Å². The van der Waals surface area contributed by atoms with Crippen LogP contribution < -0.4 is 10.2 Å². The maximum atomic E-state index is 4.51. The van der Waals surface area contributed by atoms with E-state index in [1.807, 2.05) is 19.2 Å². The second kappa shape index (κ2) is 4.01. The molecule has 2 aliphatic heterocycles. The number of nitrogens with zero attached hydrogens (tertiary/aromatic N) is 3. The Morgan fingerprint density at radius 2 is 2.19 bits per heavy atom. The van der Waals surface area contributed by atoms with Crippen molar-refractivity contribution in [3.63, 3.8) is 0 Å². The van der Waals surface area contributed by atoms with Gasteiger partial charge in [-0.05, 0) is 32.3 Å². The van der Waals surface area contributed by atoms with E-state index in [-0.39, 0.29) is 0 Å². The van der Waals surface area contributed by atoms with Crippen LogP contribution in [0.15, 0.2) is 12.3 Å². The van der Waals surface area contributed by atoms with E-state index in [4.69, 9.17) is 0 Å². The molecule has 2 aliphatic rings. The number of fused-ring (bicyclic) bond motifs is 2. The van der Waals surface area contributed by atoms with Crippen molar-refractivity contribution in [1.82, 2.24) is 15.3 Å². The molecule has 4 nitrogen and oxygen atoms in total. The zero-order valence-electron chi connectivity index (χ0n) is 9.69. The first-order valence-electron chi connectivity index (χ1n) is 6.12. The molecule has 1 aromatic heterocycles. The SMILES string of the molecule is Cc1ccnc(N2CCC3CCC(C2)N3)n1. The van der Waals surface area contributed by atoms with Gasteiger partial charge in [-0.15, -0.1) is 0 Å². The van der Waals surface area contributed by atoms with Crippen LogP contribution in [-0.2, 0) is 0 Å². The van der Waals surface area contributed by atoms with Gasteiger partial charge in [-0.25, -0.2) is 9.97 Å². The van der Waals surface area contributed by atoms with Crippen molar-refractivity contribution in [2.24, 2.45) is 0 Å². The zero-order chi connectivity index (χ0) is 11.0. The summed E-state index contributed by atoms with van der Waals surface area (Å²) >= 11 is 0. The fraction of sp³-hybridized carbons (Fsp3) is 0.667. The highest BCUT2D eigenvalue weighted by molar-refractivity contribution is 5.31. The first-order chi connectivity index (χ1) is 7.81. The second-order valence-electron chi connectivity index (χ2n) is 4.87. The van der Waals surface area contributed by atoms with E-state index in [1.165, 1.54) is 19.3 Å². The Balaban J connectivity index is 1.79. The highest BCUT2D eigenvalue weighted by Gasteiger charge is 2.29. The van der Waals surface area contributed by atoms with Gasteiger partial charge in [-0.1, -0.05) is 0 Å². The topological polar surface area (TPSA) is 41.1 Å². The molecule has 16 heavy (non-hydrogen) atoms. The van der Waals surface area contributed by atoms with E-state index >= 15 is 0 Å². The van der Waals surface area contributed by atoms with Gasteiger partial charge in [0.05, 0.1) is 0 Å². The predicted molar refractivity (Wildman–Crippen MR) is 63.5 cm³/mol. The molecule has 3 heterocycles. The van der Waals surface area contributed by atoms with Crippen LogP contribution in [0, 0.1) is 6.92 Å². The maximum absolute atomic E-state index is 4.51. The van der Waals surface area contributed by atoms with Gasteiger partial charge >= 0.3 is 0 Å². The molecular weight excluding hydrogens is 200 g/mol. The lowest BCUT2D eigenvalue weighted by molar-refractivity contribution is 0.563. The molecule has 2 saturated heterocycles. The fourth-order valence-corrected chi connectivity index (χ4v) is 2.71. The second-order valence-corrected chi connectivity index (χ2v) is 4.87. The van der Waals surface area contributed by atoms with Crippen LogP contribution in [0.3, 0.4) is 0 Å². The average Bonchev–Trinajstić information content (AvgIpc) is 2.58. The van der Waals surface area contributed by atoms with Gasteiger partial charge in [0.15, 0.2) is 0 Å². The van der Waals surface area contributed by atoms with Crippen molar-refractivity contribution in [1.29, 1.82) is 0 Å². The molecule has 2 fully saturated rings. The average molecular weight is 218 g/mol. The molecule has 1 aromatic rings. The van der Waals surface area contributed by atoms with Gasteiger partial charge in [0.25, 0.3) is 0 Å². The molecule has 2 unspecified atom stereocenters. The molecule has 0 spiro atoms. The Labute approximate surface area is 96.1 Å². The standard InChI is InChI=1S/C12H18N4/c1-9-4-6-13-12(14-9)16-7-5-10-2-3-11(8-16)15-10/h4,6,10-11,15H,2-3,5,7-8H2,1H3. The highest BCUT2D eigenvalue weighted by Crippen LogP contribution is 2.22. The molecule has 2 bridgehead atoms. The third kappa shape index (κ3) is 1.89. The Hall–Kier alpha value is -1.16. The van der Waals surface area contributed by atoms with Gasteiger partial charge in [0.1, 0.15) is 0 Å². The van der Waals surface area contributed by atoms with E-state index in [0.717, 1.165) is 30.8 Å². The minimum Gasteiger partial charge on any atom is -0.339 e. The summed E-state index contributed by atoms with van der Waals surface area (Å²) in [7, 11) is 0. The van der Waals surface area contributed by atoms with Crippen molar-refractivity contribution >= 4 is 5.95 Å². The monoisotopic (exact) mass is 218 g/mol. The lowest BCUT2D eigenvalue weighted by Gasteiger charge is -2.24. The number of rotatable bonds is 1. The van der Waals surface area contributed by atoms with Crippen LogP contribution in [0.4, 0.5) is 5.95 Å². The number of anilines is 1. The Morgan fingerprint density at radius 3 is 3.06 bits per heavy atom. The molecule has 4 heteroatoms. The molecule has 2 atom stereocenters. The lowest BCUT2D eigenvalue weighted by atomic mass is 10.1. The third-order valence-electron chi connectivity index (χ3n) is 3.59. The molecule has 0 amide bonds. The summed E-state index contributed by atoms with van der Waals surface area (Å²) < 4.78 is 0. The minimum absolute atomic E-state index is 0.636. The molecular formula is C12H18N4. The smallest absolute Gasteiger partial charge is 0.225 e. The van der Waals surface area contributed by atoms with Gasteiger partial charge in [-0.3, -0.25) is 0 Å². The molecule has 0 aliphatic carbocycles. The number of hydrogen-bond donors (Lipinski definition) is 1. The minimum atomic E-state index is 0.636. The Morgan fingerprint density at radius 1 is 1.31 bits per heavy atom. The number of hydrogen-bond acceptors (Lipinski definition) is 4. The Bertz CT molecular complexity index is 379.